The first-order valence-electron chi connectivity index (χ1n) is 21.9. The van der Waals surface area contributed by atoms with Crippen LogP contribution in [0.15, 0.2) is 245 Å². The lowest BCUT2D eigenvalue weighted by Crippen LogP contribution is -2.28. The maximum atomic E-state index is 6.64. The van der Waals surface area contributed by atoms with Crippen LogP contribution in [0.25, 0.3) is 77.3 Å². The lowest BCUT2D eigenvalue weighted by Gasteiger charge is -2.35. The van der Waals surface area contributed by atoms with E-state index in [0.717, 1.165) is 72.1 Å². The zero-order valence-electron chi connectivity index (χ0n) is 34.8. The highest BCUT2D eigenvalue weighted by molar-refractivity contribution is 6.15. The Hall–Kier alpha value is -8.40. The Morgan fingerprint density at radius 3 is 1.44 bits per heavy atom. The normalized spacial score (nSPS) is 12.8. The monoisotopic (exact) mass is 817 g/mol. The summed E-state index contributed by atoms with van der Waals surface area (Å²) in [6.07, 6.45) is 0. The molecule has 64 heavy (non-hydrogen) atoms. The zero-order valence-corrected chi connectivity index (χ0v) is 34.8. The standard InChI is InChI=1S/C61H39NO2/c1-5-15-40(16-6-1)42-25-28-46(29-26-42)62(48-30-33-50-49-23-13-14-24-55(49)61(56(50)37-48,44-19-9-3-10-20-44)45-21-11-4-12-22-45)47-31-34-57-52(36-47)54-39-59-53(38-60(54)63-57)51-32-27-43(35-58(51)64-59)41-17-7-2-8-18-41/h1-39H. The Morgan fingerprint density at radius 1 is 0.281 bits per heavy atom. The molecule has 300 valence electrons. The predicted octanol–water partition coefficient (Wildman–Crippen LogP) is 16.7. The Labute approximate surface area is 370 Å². The topological polar surface area (TPSA) is 29.5 Å². The van der Waals surface area contributed by atoms with Crippen LogP contribution in [0.3, 0.4) is 0 Å². The molecule has 0 spiro atoms. The van der Waals surface area contributed by atoms with Crippen LogP contribution in [0.5, 0.6) is 0 Å². The van der Waals surface area contributed by atoms with Gasteiger partial charge in [0.25, 0.3) is 0 Å². The molecule has 0 bridgehead atoms. The highest BCUT2D eigenvalue weighted by atomic mass is 16.3. The molecule has 0 N–H and O–H groups in total. The molecule has 2 heterocycles. The van der Waals surface area contributed by atoms with E-state index in [0.29, 0.717) is 0 Å². The van der Waals surface area contributed by atoms with E-state index in [1.54, 1.807) is 0 Å². The van der Waals surface area contributed by atoms with E-state index in [1.165, 1.54) is 44.5 Å². The number of anilines is 3. The van der Waals surface area contributed by atoms with Crippen LogP contribution in [0.1, 0.15) is 22.3 Å². The van der Waals surface area contributed by atoms with E-state index < -0.39 is 5.41 Å². The molecule has 0 saturated heterocycles. The van der Waals surface area contributed by atoms with Crippen molar-refractivity contribution in [3.05, 3.63) is 259 Å². The molecule has 1 aliphatic rings. The molecule has 3 nitrogen and oxygen atoms in total. The van der Waals surface area contributed by atoms with Crippen LogP contribution in [0.4, 0.5) is 17.1 Å². The molecule has 12 aromatic rings. The van der Waals surface area contributed by atoms with Crippen molar-refractivity contribution in [2.24, 2.45) is 0 Å². The summed E-state index contributed by atoms with van der Waals surface area (Å²) in [5.74, 6) is 0. The van der Waals surface area contributed by atoms with Gasteiger partial charge in [0.1, 0.15) is 22.3 Å². The summed E-state index contributed by atoms with van der Waals surface area (Å²) in [7, 11) is 0. The van der Waals surface area contributed by atoms with Gasteiger partial charge < -0.3 is 13.7 Å². The van der Waals surface area contributed by atoms with Crippen LogP contribution in [0, 0.1) is 0 Å². The number of rotatable bonds is 7. The smallest absolute Gasteiger partial charge is 0.136 e. The van der Waals surface area contributed by atoms with Gasteiger partial charge in [-0.1, -0.05) is 170 Å². The summed E-state index contributed by atoms with van der Waals surface area (Å²) in [5.41, 5.74) is 18.2. The zero-order chi connectivity index (χ0) is 42.2. The van der Waals surface area contributed by atoms with E-state index in [-0.39, 0.29) is 0 Å². The third-order valence-electron chi connectivity index (χ3n) is 13.3. The van der Waals surface area contributed by atoms with Crippen LogP contribution in [-0.2, 0) is 5.41 Å². The molecule has 0 radical (unpaired) electrons. The van der Waals surface area contributed by atoms with Crippen molar-refractivity contribution >= 4 is 60.9 Å². The van der Waals surface area contributed by atoms with Gasteiger partial charge in [-0.05, 0) is 122 Å². The minimum absolute atomic E-state index is 0.530. The average Bonchev–Trinajstić information content (AvgIpc) is 4.01. The highest BCUT2D eigenvalue weighted by Gasteiger charge is 2.46. The van der Waals surface area contributed by atoms with Crippen molar-refractivity contribution in [3.8, 4) is 33.4 Å². The lowest BCUT2D eigenvalue weighted by atomic mass is 9.67. The van der Waals surface area contributed by atoms with Crippen LogP contribution in [-0.4, -0.2) is 0 Å². The molecule has 0 fully saturated rings. The van der Waals surface area contributed by atoms with Gasteiger partial charge in [-0.3, -0.25) is 0 Å². The molecular weight excluding hydrogens is 779 g/mol. The third-order valence-corrected chi connectivity index (χ3v) is 13.3. The first kappa shape index (κ1) is 36.3. The Kier molecular flexibility index (Phi) is 8.13. The second kappa shape index (κ2) is 14.3. The van der Waals surface area contributed by atoms with Gasteiger partial charge in [-0.15, -0.1) is 0 Å². The number of hydrogen-bond donors (Lipinski definition) is 0. The molecule has 10 aromatic carbocycles. The number of hydrogen-bond acceptors (Lipinski definition) is 3. The minimum Gasteiger partial charge on any atom is -0.456 e. The number of nitrogens with zero attached hydrogens (tertiary/aromatic N) is 1. The van der Waals surface area contributed by atoms with Gasteiger partial charge in [0, 0.05) is 38.6 Å². The molecular formula is C61H39NO2. The molecule has 0 saturated carbocycles. The van der Waals surface area contributed by atoms with Gasteiger partial charge in [0.05, 0.1) is 5.41 Å². The van der Waals surface area contributed by atoms with E-state index in [1.807, 2.05) is 6.07 Å². The van der Waals surface area contributed by atoms with Crippen LogP contribution in [0.2, 0.25) is 0 Å². The van der Waals surface area contributed by atoms with E-state index >= 15 is 0 Å². The van der Waals surface area contributed by atoms with Gasteiger partial charge in [0.2, 0.25) is 0 Å². The minimum atomic E-state index is -0.530. The first-order valence-corrected chi connectivity index (χ1v) is 21.9. The van der Waals surface area contributed by atoms with E-state index in [4.69, 9.17) is 8.83 Å². The van der Waals surface area contributed by atoms with Crippen molar-refractivity contribution < 1.29 is 8.83 Å². The Bertz CT molecular complexity index is 3660. The maximum Gasteiger partial charge on any atom is 0.136 e. The summed E-state index contributed by atoms with van der Waals surface area (Å²) in [5, 5.41) is 4.16. The number of fused-ring (bicyclic) bond motifs is 9. The fourth-order valence-electron chi connectivity index (χ4n) is 10.4. The maximum absolute atomic E-state index is 6.64. The first-order chi connectivity index (χ1) is 31.7. The molecule has 0 aliphatic heterocycles. The van der Waals surface area contributed by atoms with Gasteiger partial charge in [-0.2, -0.15) is 0 Å². The summed E-state index contributed by atoms with van der Waals surface area (Å²) < 4.78 is 13.3. The van der Waals surface area contributed by atoms with Crippen molar-refractivity contribution in [1.29, 1.82) is 0 Å². The van der Waals surface area contributed by atoms with Crippen molar-refractivity contribution in [2.45, 2.75) is 5.41 Å². The molecule has 0 amide bonds. The molecule has 2 aromatic heterocycles. The predicted molar refractivity (Wildman–Crippen MR) is 264 cm³/mol. The van der Waals surface area contributed by atoms with Gasteiger partial charge >= 0.3 is 0 Å². The molecule has 0 atom stereocenters. The fourth-order valence-corrected chi connectivity index (χ4v) is 10.4. The fraction of sp³-hybridized carbons (Fsp3) is 0.0164. The van der Waals surface area contributed by atoms with Crippen LogP contribution >= 0.6 is 0 Å². The Morgan fingerprint density at radius 2 is 0.750 bits per heavy atom. The largest absolute Gasteiger partial charge is 0.456 e. The molecule has 0 unspecified atom stereocenters. The average molecular weight is 818 g/mol. The van der Waals surface area contributed by atoms with E-state index in [9.17, 15) is 0 Å². The van der Waals surface area contributed by atoms with E-state index in [2.05, 4.69) is 235 Å². The number of furan rings is 2. The quantitative estimate of drug-likeness (QED) is 0.160. The second-order valence-electron chi connectivity index (χ2n) is 16.8. The van der Waals surface area contributed by atoms with Crippen LogP contribution < -0.4 is 4.90 Å². The van der Waals surface area contributed by atoms with Crippen molar-refractivity contribution in [3.63, 3.8) is 0 Å². The summed E-state index contributed by atoms with van der Waals surface area (Å²) in [6.45, 7) is 0. The molecule has 13 rings (SSSR count). The second-order valence-corrected chi connectivity index (χ2v) is 16.8. The van der Waals surface area contributed by atoms with Crippen molar-refractivity contribution in [1.82, 2.24) is 0 Å². The summed E-state index contributed by atoms with van der Waals surface area (Å²) in [4.78, 5) is 2.39. The molecule has 3 heteroatoms. The highest BCUT2D eigenvalue weighted by Crippen LogP contribution is 2.57. The number of benzene rings is 10. The summed E-state index contributed by atoms with van der Waals surface area (Å²) in [6, 6.07) is 85.3. The van der Waals surface area contributed by atoms with Gasteiger partial charge in [-0.25, -0.2) is 0 Å². The lowest BCUT2D eigenvalue weighted by molar-refractivity contribution is 0.664. The van der Waals surface area contributed by atoms with Gasteiger partial charge in [0.15, 0.2) is 0 Å². The van der Waals surface area contributed by atoms with Crippen molar-refractivity contribution in [2.75, 3.05) is 4.90 Å². The summed E-state index contributed by atoms with van der Waals surface area (Å²) >= 11 is 0. The molecule has 1 aliphatic carbocycles. The Balaban J connectivity index is 1.01. The SMILES string of the molecule is c1ccc(-c2ccc(N(c3ccc4c(c3)C(c3ccccc3)(c3ccccc3)c3ccccc3-4)c3ccc4oc5cc6c(cc5c4c3)oc3cc(-c4ccccc4)ccc36)cc2)cc1. The third kappa shape index (κ3) is 5.54.